The molecule has 4 nitrogen and oxygen atoms in total. The Bertz CT molecular complexity index is 398. The smallest absolute Gasteiger partial charge is 0.185 e. The normalized spacial score (nSPS) is 19.2. The molecule has 0 aliphatic carbocycles. The molecule has 0 spiro atoms. The summed E-state index contributed by atoms with van der Waals surface area (Å²) < 4.78 is 0. The van der Waals surface area contributed by atoms with E-state index in [2.05, 4.69) is 48.3 Å². The van der Waals surface area contributed by atoms with Crippen LogP contribution in [0.15, 0.2) is 5.38 Å². The molecule has 1 saturated heterocycles. The van der Waals surface area contributed by atoms with Crippen molar-refractivity contribution in [2.45, 2.75) is 45.7 Å². The van der Waals surface area contributed by atoms with Gasteiger partial charge in [-0.2, -0.15) is 0 Å². The number of nitrogens with one attached hydrogen (secondary N) is 1. The zero-order valence-electron chi connectivity index (χ0n) is 13.2. The average Bonchev–Trinajstić information content (AvgIpc) is 2.97. The van der Waals surface area contributed by atoms with Gasteiger partial charge in [-0.05, 0) is 32.9 Å². The minimum absolute atomic E-state index is 0.348. The van der Waals surface area contributed by atoms with Gasteiger partial charge in [0.25, 0.3) is 0 Å². The lowest BCUT2D eigenvalue weighted by atomic mass is 10.0. The third kappa shape index (κ3) is 3.71. The Morgan fingerprint density at radius 1 is 1.45 bits per heavy atom. The van der Waals surface area contributed by atoms with E-state index in [4.69, 9.17) is 4.98 Å². The number of likely N-dealkylation sites (tertiary alicyclic amines) is 1. The van der Waals surface area contributed by atoms with E-state index >= 15 is 0 Å². The molecule has 2 heterocycles. The Morgan fingerprint density at radius 2 is 2.15 bits per heavy atom. The molecule has 0 amide bonds. The SMILES string of the molecule is CCNC(C)c1csc(N(C)C2CCN(CC)CC2)n1. The van der Waals surface area contributed by atoms with Gasteiger partial charge in [-0.3, -0.25) is 0 Å². The number of anilines is 1. The molecule has 1 aromatic rings. The number of aromatic nitrogens is 1. The lowest BCUT2D eigenvalue weighted by molar-refractivity contribution is 0.221. The molecule has 1 fully saturated rings. The molecule has 0 radical (unpaired) electrons. The molecular weight excluding hydrogens is 268 g/mol. The van der Waals surface area contributed by atoms with Crippen LogP contribution < -0.4 is 10.2 Å². The Hall–Kier alpha value is -0.650. The summed E-state index contributed by atoms with van der Waals surface area (Å²) in [6, 6.07) is 0.992. The zero-order valence-corrected chi connectivity index (χ0v) is 14.0. The predicted octanol–water partition coefficient (Wildman–Crippen LogP) is 2.73. The fourth-order valence-corrected chi connectivity index (χ4v) is 3.78. The van der Waals surface area contributed by atoms with Gasteiger partial charge < -0.3 is 15.1 Å². The highest BCUT2D eigenvalue weighted by atomic mass is 32.1. The number of thiazole rings is 1. The molecule has 0 aromatic carbocycles. The second kappa shape index (κ2) is 7.38. The highest BCUT2D eigenvalue weighted by molar-refractivity contribution is 7.13. The Kier molecular flexibility index (Phi) is 5.81. The molecule has 0 saturated carbocycles. The van der Waals surface area contributed by atoms with Crippen LogP contribution in [-0.4, -0.2) is 49.2 Å². The summed E-state index contributed by atoms with van der Waals surface area (Å²) in [6.45, 7) is 11.2. The highest BCUT2D eigenvalue weighted by Gasteiger charge is 2.23. The monoisotopic (exact) mass is 296 g/mol. The van der Waals surface area contributed by atoms with Gasteiger partial charge in [0, 0.05) is 37.6 Å². The molecule has 5 heteroatoms. The van der Waals surface area contributed by atoms with E-state index in [0.717, 1.165) is 6.54 Å². The molecule has 1 aliphatic rings. The first-order chi connectivity index (χ1) is 9.65. The number of nitrogens with zero attached hydrogens (tertiary/aromatic N) is 3. The van der Waals surface area contributed by atoms with Crippen LogP contribution in [0.4, 0.5) is 5.13 Å². The molecule has 1 unspecified atom stereocenters. The van der Waals surface area contributed by atoms with Crippen LogP contribution in [0.2, 0.25) is 0 Å². The van der Waals surface area contributed by atoms with E-state index in [1.807, 2.05) is 0 Å². The number of piperidine rings is 1. The van der Waals surface area contributed by atoms with Crippen molar-refractivity contribution in [3.8, 4) is 0 Å². The van der Waals surface area contributed by atoms with Gasteiger partial charge in [-0.1, -0.05) is 13.8 Å². The summed E-state index contributed by atoms with van der Waals surface area (Å²) in [5, 5.41) is 6.79. The summed E-state index contributed by atoms with van der Waals surface area (Å²) in [7, 11) is 2.20. The Morgan fingerprint density at radius 3 is 2.75 bits per heavy atom. The lowest BCUT2D eigenvalue weighted by Gasteiger charge is -2.36. The number of hydrogen-bond donors (Lipinski definition) is 1. The topological polar surface area (TPSA) is 31.4 Å². The maximum Gasteiger partial charge on any atom is 0.185 e. The summed E-state index contributed by atoms with van der Waals surface area (Å²) >= 11 is 1.77. The van der Waals surface area contributed by atoms with Crippen molar-refractivity contribution in [2.75, 3.05) is 38.1 Å². The third-order valence-corrected chi connectivity index (χ3v) is 5.27. The van der Waals surface area contributed by atoms with Crippen molar-refractivity contribution in [3.63, 3.8) is 0 Å². The van der Waals surface area contributed by atoms with Crippen LogP contribution in [0.25, 0.3) is 0 Å². The molecule has 20 heavy (non-hydrogen) atoms. The summed E-state index contributed by atoms with van der Waals surface area (Å²) in [4.78, 5) is 9.73. The minimum Gasteiger partial charge on any atom is -0.348 e. The fraction of sp³-hybridized carbons (Fsp3) is 0.800. The van der Waals surface area contributed by atoms with Crippen molar-refractivity contribution in [2.24, 2.45) is 0 Å². The van der Waals surface area contributed by atoms with Gasteiger partial charge in [0.05, 0.1) is 5.69 Å². The molecule has 114 valence electrons. The van der Waals surface area contributed by atoms with Crippen LogP contribution in [0.5, 0.6) is 0 Å². The van der Waals surface area contributed by atoms with Crippen LogP contribution in [0.3, 0.4) is 0 Å². The van der Waals surface area contributed by atoms with E-state index in [1.54, 1.807) is 11.3 Å². The maximum absolute atomic E-state index is 4.81. The van der Waals surface area contributed by atoms with E-state index in [9.17, 15) is 0 Å². The van der Waals surface area contributed by atoms with E-state index in [-0.39, 0.29) is 0 Å². The minimum atomic E-state index is 0.348. The van der Waals surface area contributed by atoms with Gasteiger partial charge in [-0.15, -0.1) is 11.3 Å². The summed E-state index contributed by atoms with van der Waals surface area (Å²) in [5.41, 5.74) is 1.17. The standard InChI is InChI=1S/C15H28N4S/c1-5-16-12(3)14-11-20-15(17-14)18(4)13-7-9-19(6-2)10-8-13/h11-13,16H,5-10H2,1-4H3. The first-order valence-corrected chi connectivity index (χ1v) is 8.67. The van der Waals surface area contributed by atoms with Crippen LogP contribution in [0, 0.1) is 0 Å². The second-order valence-corrected chi connectivity index (χ2v) is 6.45. The van der Waals surface area contributed by atoms with E-state index in [0.29, 0.717) is 12.1 Å². The second-order valence-electron chi connectivity index (χ2n) is 5.61. The van der Waals surface area contributed by atoms with Crippen molar-refractivity contribution in [3.05, 3.63) is 11.1 Å². The quantitative estimate of drug-likeness (QED) is 0.874. The van der Waals surface area contributed by atoms with Gasteiger partial charge in [0.15, 0.2) is 5.13 Å². The molecule has 1 atom stereocenters. The molecular formula is C15H28N4S. The van der Waals surface area contributed by atoms with Gasteiger partial charge >= 0.3 is 0 Å². The largest absolute Gasteiger partial charge is 0.348 e. The van der Waals surface area contributed by atoms with Gasteiger partial charge in [0.2, 0.25) is 0 Å². The average molecular weight is 296 g/mol. The summed E-state index contributed by atoms with van der Waals surface area (Å²) in [5.74, 6) is 0. The third-order valence-electron chi connectivity index (χ3n) is 4.32. The highest BCUT2D eigenvalue weighted by Crippen LogP contribution is 2.27. The summed E-state index contributed by atoms with van der Waals surface area (Å²) in [6.07, 6.45) is 2.50. The van der Waals surface area contributed by atoms with Gasteiger partial charge in [0.1, 0.15) is 0 Å². The molecule has 1 aliphatic heterocycles. The van der Waals surface area contributed by atoms with Crippen molar-refractivity contribution in [1.29, 1.82) is 0 Å². The van der Waals surface area contributed by atoms with Crippen LogP contribution in [0.1, 0.15) is 45.3 Å². The van der Waals surface area contributed by atoms with E-state index in [1.165, 1.54) is 43.3 Å². The van der Waals surface area contributed by atoms with Crippen molar-refractivity contribution in [1.82, 2.24) is 15.2 Å². The van der Waals surface area contributed by atoms with Crippen molar-refractivity contribution >= 4 is 16.5 Å². The van der Waals surface area contributed by atoms with Crippen molar-refractivity contribution < 1.29 is 0 Å². The molecule has 2 rings (SSSR count). The molecule has 0 bridgehead atoms. The Labute approximate surface area is 127 Å². The predicted molar refractivity (Wildman–Crippen MR) is 87.7 cm³/mol. The van der Waals surface area contributed by atoms with Gasteiger partial charge in [-0.25, -0.2) is 4.98 Å². The van der Waals surface area contributed by atoms with Crippen LogP contribution >= 0.6 is 11.3 Å². The first kappa shape index (κ1) is 15.7. The van der Waals surface area contributed by atoms with Crippen LogP contribution in [-0.2, 0) is 0 Å². The lowest BCUT2D eigenvalue weighted by Crippen LogP contribution is -2.43. The Balaban J connectivity index is 1.94. The number of rotatable bonds is 6. The number of hydrogen-bond acceptors (Lipinski definition) is 5. The van der Waals surface area contributed by atoms with E-state index < -0.39 is 0 Å². The fourth-order valence-electron chi connectivity index (χ4n) is 2.83. The first-order valence-electron chi connectivity index (χ1n) is 7.79. The molecule has 1 N–H and O–H groups in total. The zero-order chi connectivity index (χ0) is 14.5. The molecule has 1 aromatic heterocycles. The maximum atomic E-state index is 4.81.